The Morgan fingerprint density at radius 2 is 1.84 bits per heavy atom. The van der Waals surface area contributed by atoms with E-state index in [1.807, 2.05) is 47.5 Å². The number of rotatable bonds is 3. The van der Waals surface area contributed by atoms with Gasteiger partial charge >= 0.3 is 0 Å². The highest BCUT2D eigenvalue weighted by Crippen LogP contribution is 2.22. The third-order valence-electron chi connectivity index (χ3n) is 4.81. The van der Waals surface area contributed by atoms with Gasteiger partial charge in [0.1, 0.15) is 6.04 Å². The summed E-state index contributed by atoms with van der Waals surface area (Å²) in [6.07, 6.45) is 1.83. The minimum Gasteiger partial charge on any atom is -0.368 e. The predicted molar refractivity (Wildman–Crippen MR) is 98.3 cm³/mol. The highest BCUT2D eigenvalue weighted by Gasteiger charge is 2.26. The van der Waals surface area contributed by atoms with Gasteiger partial charge in [-0.25, -0.2) is 0 Å². The summed E-state index contributed by atoms with van der Waals surface area (Å²) >= 11 is 0. The molecule has 3 aromatic rings. The number of fused-ring (bicyclic) bond motifs is 1. The van der Waals surface area contributed by atoms with Crippen LogP contribution in [0.1, 0.15) is 11.6 Å². The molecule has 0 bridgehead atoms. The molecular formula is C19H21N5O. The average Bonchev–Trinajstić information content (AvgIpc) is 3.15. The summed E-state index contributed by atoms with van der Waals surface area (Å²) in [6, 6.07) is 15.2. The van der Waals surface area contributed by atoms with Crippen molar-refractivity contribution in [3.63, 3.8) is 0 Å². The number of anilines is 1. The summed E-state index contributed by atoms with van der Waals surface area (Å²) in [5, 5.41) is 8.12. The van der Waals surface area contributed by atoms with Crippen LogP contribution in [0.4, 0.5) is 5.69 Å². The summed E-state index contributed by atoms with van der Waals surface area (Å²) in [4.78, 5) is 16.8. The van der Waals surface area contributed by atoms with E-state index >= 15 is 0 Å². The highest BCUT2D eigenvalue weighted by molar-refractivity contribution is 5.84. The van der Waals surface area contributed by atoms with E-state index in [4.69, 9.17) is 5.73 Å². The molecule has 0 spiro atoms. The van der Waals surface area contributed by atoms with Crippen LogP contribution in [0.5, 0.6) is 0 Å². The first-order valence-corrected chi connectivity index (χ1v) is 8.50. The molecule has 6 nitrogen and oxygen atoms in total. The molecule has 4 rings (SSSR count). The first kappa shape index (κ1) is 15.7. The Balaban J connectivity index is 1.41. The zero-order chi connectivity index (χ0) is 17.2. The van der Waals surface area contributed by atoms with E-state index in [1.165, 1.54) is 0 Å². The van der Waals surface area contributed by atoms with Crippen molar-refractivity contribution in [1.82, 2.24) is 15.1 Å². The van der Waals surface area contributed by atoms with Crippen molar-refractivity contribution in [2.45, 2.75) is 6.04 Å². The zero-order valence-electron chi connectivity index (χ0n) is 13.9. The van der Waals surface area contributed by atoms with Gasteiger partial charge in [-0.2, -0.15) is 5.10 Å². The lowest BCUT2D eigenvalue weighted by atomic mass is 10.1. The van der Waals surface area contributed by atoms with E-state index in [1.54, 1.807) is 0 Å². The van der Waals surface area contributed by atoms with Gasteiger partial charge in [-0.3, -0.25) is 9.89 Å². The first-order chi connectivity index (χ1) is 12.2. The van der Waals surface area contributed by atoms with Crippen LogP contribution in [0.3, 0.4) is 0 Å². The minimum absolute atomic E-state index is 0.00358. The van der Waals surface area contributed by atoms with Gasteiger partial charge < -0.3 is 15.5 Å². The lowest BCUT2D eigenvalue weighted by Gasteiger charge is -2.37. The van der Waals surface area contributed by atoms with Gasteiger partial charge in [0.2, 0.25) is 5.91 Å². The average molecular weight is 335 g/mol. The van der Waals surface area contributed by atoms with Crippen molar-refractivity contribution in [3.05, 3.63) is 60.3 Å². The van der Waals surface area contributed by atoms with Crippen LogP contribution in [0.25, 0.3) is 10.9 Å². The van der Waals surface area contributed by atoms with Crippen LogP contribution in [-0.2, 0) is 4.79 Å². The quantitative estimate of drug-likeness (QED) is 0.766. The lowest BCUT2D eigenvalue weighted by Crippen LogP contribution is -2.51. The molecule has 6 heteroatoms. The van der Waals surface area contributed by atoms with Gasteiger partial charge in [0, 0.05) is 37.3 Å². The summed E-state index contributed by atoms with van der Waals surface area (Å²) in [5.41, 5.74) is 9.21. The second-order valence-corrected chi connectivity index (χ2v) is 6.34. The third kappa shape index (κ3) is 3.08. The predicted octanol–water partition coefficient (Wildman–Crippen LogP) is 1.91. The maximum atomic E-state index is 12.7. The van der Waals surface area contributed by atoms with Crippen molar-refractivity contribution in [2.24, 2.45) is 5.73 Å². The molecule has 2 heterocycles. The number of carbonyl (C=O) groups is 1. The van der Waals surface area contributed by atoms with Crippen LogP contribution in [-0.4, -0.2) is 47.2 Å². The monoisotopic (exact) mass is 335 g/mol. The number of aromatic amines is 1. The number of piperazine rings is 1. The number of hydrogen-bond acceptors (Lipinski definition) is 4. The number of nitrogens with one attached hydrogen (secondary N) is 1. The summed E-state index contributed by atoms with van der Waals surface area (Å²) in [6.45, 7) is 2.97. The molecule has 128 valence electrons. The Bertz CT molecular complexity index is 868. The number of H-pyrrole nitrogens is 1. The van der Waals surface area contributed by atoms with E-state index in [-0.39, 0.29) is 5.91 Å². The van der Waals surface area contributed by atoms with Crippen LogP contribution in [0, 0.1) is 0 Å². The maximum absolute atomic E-state index is 12.7. The normalized spacial score (nSPS) is 16.2. The zero-order valence-corrected chi connectivity index (χ0v) is 13.9. The van der Waals surface area contributed by atoms with Crippen LogP contribution < -0.4 is 10.6 Å². The lowest BCUT2D eigenvalue weighted by molar-refractivity contribution is -0.133. The summed E-state index contributed by atoms with van der Waals surface area (Å²) in [5.74, 6) is -0.00358. The number of carbonyl (C=O) groups excluding carboxylic acids is 1. The topological polar surface area (TPSA) is 78.3 Å². The standard InChI is InChI=1S/C19H21N5O/c20-18(14-4-2-1-3-5-14)19(25)24-10-8-23(9-11-24)16-6-7-17-15(12-16)13-21-22-17/h1-7,12-13,18H,8-11,20H2,(H,21,22)/t18-/m1/s1. The van der Waals surface area contributed by atoms with Crippen molar-refractivity contribution in [3.8, 4) is 0 Å². The first-order valence-electron chi connectivity index (χ1n) is 8.50. The number of hydrogen-bond donors (Lipinski definition) is 2. The van der Waals surface area contributed by atoms with Crippen molar-refractivity contribution < 1.29 is 4.79 Å². The molecule has 0 radical (unpaired) electrons. The smallest absolute Gasteiger partial charge is 0.244 e. The second kappa shape index (κ2) is 6.57. The van der Waals surface area contributed by atoms with Crippen molar-refractivity contribution in [2.75, 3.05) is 31.1 Å². The van der Waals surface area contributed by atoms with Gasteiger partial charge in [-0.1, -0.05) is 30.3 Å². The summed E-state index contributed by atoms with van der Waals surface area (Å²) < 4.78 is 0. The SMILES string of the molecule is N[C@@H](C(=O)N1CCN(c2ccc3[nH]ncc3c2)CC1)c1ccccc1. The van der Waals surface area contributed by atoms with Gasteiger partial charge in [0.05, 0.1) is 11.7 Å². The fourth-order valence-corrected chi connectivity index (χ4v) is 3.31. The molecule has 1 aromatic heterocycles. The van der Waals surface area contributed by atoms with Crippen LogP contribution in [0.15, 0.2) is 54.7 Å². The van der Waals surface area contributed by atoms with E-state index in [0.717, 1.165) is 35.2 Å². The van der Waals surface area contributed by atoms with E-state index in [9.17, 15) is 4.79 Å². The molecule has 0 unspecified atom stereocenters. The second-order valence-electron chi connectivity index (χ2n) is 6.34. The maximum Gasteiger partial charge on any atom is 0.244 e. The van der Waals surface area contributed by atoms with Crippen molar-refractivity contribution >= 4 is 22.5 Å². The molecular weight excluding hydrogens is 314 g/mol. The van der Waals surface area contributed by atoms with Crippen LogP contribution in [0.2, 0.25) is 0 Å². The largest absolute Gasteiger partial charge is 0.368 e. The Hall–Kier alpha value is -2.86. The number of aromatic nitrogens is 2. The fraction of sp³-hybridized carbons (Fsp3) is 0.263. The molecule has 1 atom stereocenters. The van der Waals surface area contributed by atoms with Gasteiger partial charge in [0.15, 0.2) is 0 Å². The molecule has 2 aromatic carbocycles. The van der Waals surface area contributed by atoms with E-state index < -0.39 is 6.04 Å². The Morgan fingerprint density at radius 1 is 1.08 bits per heavy atom. The molecule has 1 fully saturated rings. The van der Waals surface area contributed by atoms with Gasteiger partial charge in [0.25, 0.3) is 0 Å². The minimum atomic E-state index is -0.588. The van der Waals surface area contributed by atoms with Crippen LogP contribution >= 0.6 is 0 Å². The molecule has 0 aliphatic carbocycles. The number of nitrogens with two attached hydrogens (primary N) is 1. The highest BCUT2D eigenvalue weighted by atomic mass is 16.2. The molecule has 1 amide bonds. The van der Waals surface area contributed by atoms with Crippen molar-refractivity contribution in [1.29, 1.82) is 0 Å². The molecule has 1 aliphatic rings. The Labute approximate surface area is 146 Å². The van der Waals surface area contributed by atoms with Gasteiger partial charge in [-0.05, 0) is 23.8 Å². The van der Waals surface area contributed by atoms with Gasteiger partial charge in [-0.15, -0.1) is 0 Å². The number of nitrogens with zero attached hydrogens (tertiary/aromatic N) is 3. The Kier molecular flexibility index (Phi) is 4.11. The molecule has 25 heavy (non-hydrogen) atoms. The number of benzene rings is 2. The van der Waals surface area contributed by atoms with E-state index in [2.05, 4.69) is 27.2 Å². The third-order valence-corrected chi connectivity index (χ3v) is 4.81. The summed E-state index contributed by atoms with van der Waals surface area (Å²) in [7, 11) is 0. The molecule has 3 N–H and O–H groups in total. The number of amides is 1. The molecule has 0 saturated carbocycles. The molecule has 1 aliphatic heterocycles. The van der Waals surface area contributed by atoms with E-state index in [0.29, 0.717) is 13.1 Å². The fourth-order valence-electron chi connectivity index (χ4n) is 3.31. The Morgan fingerprint density at radius 3 is 2.60 bits per heavy atom. The molecule has 1 saturated heterocycles.